The molecule has 1 aromatic heterocycles. The molecule has 1 aliphatic rings. The van der Waals surface area contributed by atoms with Crippen molar-refractivity contribution in [2.75, 3.05) is 0 Å². The van der Waals surface area contributed by atoms with Gasteiger partial charge in [-0.05, 0) is 11.8 Å². The van der Waals surface area contributed by atoms with Gasteiger partial charge in [0.25, 0.3) is 0 Å². The maximum atomic E-state index is 11.5. The van der Waals surface area contributed by atoms with Gasteiger partial charge in [-0.3, -0.25) is 9.89 Å². The average Bonchev–Trinajstić information content (AvgIpc) is 2.61. The van der Waals surface area contributed by atoms with Crippen LogP contribution in [0.1, 0.15) is 26.1 Å². The lowest BCUT2D eigenvalue weighted by Gasteiger charge is -2.04. The van der Waals surface area contributed by atoms with Crippen LogP contribution in [0.15, 0.2) is 6.33 Å². The van der Waals surface area contributed by atoms with E-state index in [-0.39, 0.29) is 17.2 Å². The van der Waals surface area contributed by atoms with Gasteiger partial charge in [-0.1, -0.05) is 13.8 Å². The molecule has 1 atom stereocenters. The molecular formula is C9H14N4O. The maximum Gasteiger partial charge on any atom is 0.224 e. The van der Waals surface area contributed by atoms with Gasteiger partial charge in [-0.2, -0.15) is 5.10 Å². The van der Waals surface area contributed by atoms with E-state index in [4.69, 9.17) is 0 Å². The Hall–Kier alpha value is -1.39. The van der Waals surface area contributed by atoms with Gasteiger partial charge >= 0.3 is 0 Å². The molecule has 0 radical (unpaired) electrons. The van der Waals surface area contributed by atoms with Gasteiger partial charge in [0.05, 0.1) is 6.54 Å². The summed E-state index contributed by atoms with van der Waals surface area (Å²) in [5, 5.41) is 9.23. The van der Waals surface area contributed by atoms with Crippen molar-refractivity contribution in [3.05, 3.63) is 12.2 Å². The van der Waals surface area contributed by atoms with Gasteiger partial charge in [0.1, 0.15) is 12.2 Å². The number of nitrogens with one attached hydrogen (secondary N) is 2. The van der Waals surface area contributed by atoms with Crippen molar-refractivity contribution in [3.63, 3.8) is 0 Å². The standard InChI is InChI=1S/C9H14N4O/c1-9(2)3-6(9)8(14)10-4-7-11-5-12-13-7/h5-6H,3-4H2,1-2H3,(H,10,14)(H,11,12,13). The zero-order valence-electron chi connectivity index (χ0n) is 8.37. The SMILES string of the molecule is CC1(C)CC1C(=O)NCc1ncn[nH]1. The van der Waals surface area contributed by atoms with Crippen molar-refractivity contribution >= 4 is 5.91 Å². The van der Waals surface area contributed by atoms with E-state index >= 15 is 0 Å². The van der Waals surface area contributed by atoms with Crippen LogP contribution >= 0.6 is 0 Å². The molecule has 1 aromatic rings. The first kappa shape index (κ1) is 9.18. The van der Waals surface area contributed by atoms with Crippen molar-refractivity contribution in [1.82, 2.24) is 20.5 Å². The van der Waals surface area contributed by atoms with Gasteiger partial charge < -0.3 is 5.32 Å². The summed E-state index contributed by atoms with van der Waals surface area (Å²) in [7, 11) is 0. The number of carbonyl (C=O) groups excluding carboxylic acids is 1. The summed E-state index contributed by atoms with van der Waals surface area (Å²) in [6, 6.07) is 0. The van der Waals surface area contributed by atoms with E-state index in [0.717, 1.165) is 6.42 Å². The van der Waals surface area contributed by atoms with Crippen LogP contribution in [0.5, 0.6) is 0 Å². The zero-order chi connectivity index (χ0) is 10.2. The number of rotatable bonds is 3. The van der Waals surface area contributed by atoms with Crippen LogP contribution < -0.4 is 5.32 Å². The summed E-state index contributed by atoms with van der Waals surface area (Å²) in [6.45, 7) is 4.64. The molecule has 0 aromatic carbocycles. The minimum absolute atomic E-state index is 0.117. The van der Waals surface area contributed by atoms with E-state index in [2.05, 4.69) is 34.3 Å². The molecule has 0 bridgehead atoms. The maximum absolute atomic E-state index is 11.5. The molecule has 14 heavy (non-hydrogen) atoms. The van der Waals surface area contributed by atoms with Crippen LogP contribution in [0.3, 0.4) is 0 Å². The number of hydrogen-bond acceptors (Lipinski definition) is 3. The van der Waals surface area contributed by atoms with Crippen LogP contribution in [-0.2, 0) is 11.3 Å². The van der Waals surface area contributed by atoms with Crippen LogP contribution in [0.4, 0.5) is 0 Å². The van der Waals surface area contributed by atoms with Crippen molar-refractivity contribution in [1.29, 1.82) is 0 Å². The van der Waals surface area contributed by atoms with E-state index in [9.17, 15) is 4.79 Å². The molecule has 1 fully saturated rings. The van der Waals surface area contributed by atoms with Crippen molar-refractivity contribution in [3.8, 4) is 0 Å². The van der Waals surface area contributed by atoms with Crippen molar-refractivity contribution < 1.29 is 4.79 Å². The summed E-state index contributed by atoms with van der Waals surface area (Å²) in [4.78, 5) is 15.5. The fourth-order valence-corrected chi connectivity index (χ4v) is 1.52. The van der Waals surface area contributed by atoms with Crippen LogP contribution in [0.25, 0.3) is 0 Å². The van der Waals surface area contributed by atoms with Crippen LogP contribution in [0, 0.1) is 11.3 Å². The lowest BCUT2D eigenvalue weighted by atomic mass is 10.1. The highest BCUT2D eigenvalue weighted by atomic mass is 16.2. The first-order valence-electron chi connectivity index (χ1n) is 4.71. The molecule has 0 spiro atoms. The Morgan fingerprint density at radius 2 is 2.50 bits per heavy atom. The van der Waals surface area contributed by atoms with Crippen LogP contribution in [0.2, 0.25) is 0 Å². The molecule has 1 unspecified atom stereocenters. The predicted molar refractivity (Wildman–Crippen MR) is 50.1 cm³/mol. The van der Waals surface area contributed by atoms with E-state index < -0.39 is 0 Å². The molecule has 1 saturated carbocycles. The Bertz CT molecular complexity index is 331. The minimum Gasteiger partial charge on any atom is -0.349 e. The second kappa shape index (κ2) is 3.08. The molecule has 0 aliphatic heterocycles. The van der Waals surface area contributed by atoms with Crippen molar-refractivity contribution in [2.24, 2.45) is 11.3 Å². The van der Waals surface area contributed by atoms with Crippen LogP contribution in [-0.4, -0.2) is 21.1 Å². The van der Waals surface area contributed by atoms with Gasteiger partial charge in [-0.25, -0.2) is 4.98 Å². The van der Waals surface area contributed by atoms with E-state index in [1.165, 1.54) is 6.33 Å². The molecule has 5 heteroatoms. The Labute approximate surface area is 82.3 Å². The molecule has 5 nitrogen and oxygen atoms in total. The summed E-state index contributed by atoms with van der Waals surface area (Å²) < 4.78 is 0. The first-order chi connectivity index (χ1) is 6.59. The third-order valence-electron chi connectivity index (χ3n) is 2.72. The normalized spacial score (nSPS) is 23.1. The Morgan fingerprint density at radius 3 is 3.00 bits per heavy atom. The Kier molecular flexibility index (Phi) is 2.02. The van der Waals surface area contributed by atoms with E-state index in [0.29, 0.717) is 12.4 Å². The monoisotopic (exact) mass is 194 g/mol. The second-order valence-corrected chi connectivity index (χ2v) is 4.40. The largest absolute Gasteiger partial charge is 0.349 e. The summed E-state index contributed by atoms with van der Waals surface area (Å²) in [5.41, 5.74) is 0.186. The third-order valence-corrected chi connectivity index (χ3v) is 2.72. The number of nitrogens with zero attached hydrogens (tertiary/aromatic N) is 2. The number of carbonyl (C=O) groups is 1. The number of H-pyrrole nitrogens is 1. The summed E-state index contributed by atoms with van der Waals surface area (Å²) >= 11 is 0. The lowest BCUT2D eigenvalue weighted by molar-refractivity contribution is -0.123. The molecule has 2 N–H and O–H groups in total. The Morgan fingerprint density at radius 1 is 1.79 bits per heavy atom. The number of aromatic amines is 1. The molecule has 2 rings (SSSR count). The second-order valence-electron chi connectivity index (χ2n) is 4.40. The van der Waals surface area contributed by atoms with E-state index in [1.807, 2.05) is 0 Å². The smallest absolute Gasteiger partial charge is 0.224 e. The number of amides is 1. The number of aromatic nitrogens is 3. The molecule has 76 valence electrons. The summed E-state index contributed by atoms with van der Waals surface area (Å²) in [6.07, 6.45) is 2.41. The topological polar surface area (TPSA) is 70.7 Å². The fourth-order valence-electron chi connectivity index (χ4n) is 1.52. The predicted octanol–water partition coefficient (Wildman–Crippen LogP) is 0.467. The highest BCUT2D eigenvalue weighted by Crippen LogP contribution is 2.51. The van der Waals surface area contributed by atoms with Gasteiger partial charge in [-0.15, -0.1) is 0 Å². The van der Waals surface area contributed by atoms with Gasteiger partial charge in [0.15, 0.2) is 0 Å². The Balaban J connectivity index is 1.80. The molecular weight excluding hydrogens is 180 g/mol. The quantitative estimate of drug-likeness (QED) is 0.734. The third kappa shape index (κ3) is 1.76. The highest BCUT2D eigenvalue weighted by molar-refractivity contribution is 5.82. The lowest BCUT2D eigenvalue weighted by Crippen LogP contribution is -2.26. The number of hydrogen-bond donors (Lipinski definition) is 2. The molecule has 1 aliphatic carbocycles. The van der Waals surface area contributed by atoms with Crippen molar-refractivity contribution in [2.45, 2.75) is 26.8 Å². The average molecular weight is 194 g/mol. The zero-order valence-corrected chi connectivity index (χ0v) is 8.37. The van der Waals surface area contributed by atoms with Gasteiger partial charge in [0.2, 0.25) is 5.91 Å². The first-order valence-corrected chi connectivity index (χ1v) is 4.71. The summed E-state index contributed by atoms with van der Waals surface area (Å²) in [5.74, 6) is 0.980. The highest BCUT2D eigenvalue weighted by Gasteiger charge is 2.50. The van der Waals surface area contributed by atoms with Gasteiger partial charge in [0, 0.05) is 5.92 Å². The molecule has 1 heterocycles. The fraction of sp³-hybridized carbons (Fsp3) is 0.667. The van der Waals surface area contributed by atoms with E-state index in [1.54, 1.807) is 0 Å². The molecule has 1 amide bonds. The minimum atomic E-state index is 0.117. The molecule has 0 saturated heterocycles.